The molecule has 0 aliphatic heterocycles. The summed E-state index contributed by atoms with van der Waals surface area (Å²) in [6.45, 7) is 4.84. The number of imidazole rings is 1. The van der Waals surface area contributed by atoms with Gasteiger partial charge in [0, 0.05) is 31.3 Å². The third-order valence-corrected chi connectivity index (χ3v) is 5.30. The maximum atomic E-state index is 12.8. The molecule has 1 aromatic carbocycles. The van der Waals surface area contributed by atoms with Crippen LogP contribution in [0.3, 0.4) is 0 Å². The van der Waals surface area contributed by atoms with E-state index in [1.165, 1.54) is 0 Å². The number of hydrogen-bond donors (Lipinski definition) is 4. The Balaban J connectivity index is 1.86. The van der Waals surface area contributed by atoms with Gasteiger partial charge < -0.3 is 26.3 Å². The molecule has 8 heteroatoms. The molecule has 5 N–H and O–H groups in total. The Morgan fingerprint density at radius 3 is 2.58 bits per heavy atom. The van der Waals surface area contributed by atoms with Crippen LogP contribution in [-0.2, 0) is 22.4 Å². The molecule has 0 fully saturated rings. The summed E-state index contributed by atoms with van der Waals surface area (Å²) in [7, 11) is 2.11. The van der Waals surface area contributed by atoms with Gasteiger partial charge in [0.15, 0.2) is 0 Å². The lowest BCUT2D eigenvalue weighted by atomic mass is 10.0. The van der Waals surface area contributed by atoms with Crippen molar-refractivity contribution in [1.29, 1.82) is 0 Å². The highest BCUT2D eigenvalue weighted by Crippen LogP contribution is 2.05. The van der Waals surface area contributed by atoms with Crippen LogP contribution in [0, 0.1) is 0 Å². The Kier molecular flexibility index (Phi) is 10.7. The maximum absolute atomic E-state index is 12.8. The molecule has 170 valence electrons. The quantitative estimate of drug-likeness (QED) is 0.338. The summed E-state index contributed by atoms with van der Waals surface area (Å²) < 4.78 is 0. The zero-order valence-electron chi connectivity index (χ0n) is 18.6. The van der Waals surface area contributed by atoms with Crippen molar-refractivity contribution in [2.24, 2.45) is 5.73 Å². The fourth-order valence-corrected chi connectivity index (χ4v) is 3.24. The van der Waals surface area contributed by atoms with Gasteiger partial charge in [0.25, 0.3) is 0 Å². The van der Waals surface area contributed by atoms with E-state index < -0.39 is 12.1 Å². The molecule has 0 bridgehead atoms. The lowest BCUT2D eigenvalue weighted by Gasteiger charge is -2.21. The largest absolute Gasteiger partial charge is 0.354 e. The van der Waals surface area contributed by atoms with Gasteiger partial charge in [-0.15, -0.1) is 0 Å². The van der Waals surface area contributed by atoms with E-state index in [0.29, 0.717) is 19.4 Å². The van der Waals surface area contributed by atoms with E-state index in [2.05, 4.69) is 39.5 Å². The van der Waals surface area contributed by atoms with Crippen molar-refractivity contribution in [3.05, 3.63) is 54.1 Å². The number of unbranched alkanes of at least 4 members (excludes halogenated alkanes) is 2. The van der Waals surface area contributed by atoms with Gasteiger partial charge in [-0.3, -0.25) is 9.59 Å². The molecule has 2 amide bonds. The van der Waals surface area contributed by atoms with E-state index in [9.17, 15) is 9.59 Å². The molecule has 0 saturated heterocycles. The molecule has 0 aliphatic carbocycles. The monoisotopic (exact) mass is 428 g/mol. The summed E-state index contributed by atoms with van der Waals surface area (Å²) >= 11 is 0. The highest BCUT2D eigenvalue weighted by atomic mass is 16.2. The van der Waals surface area contributed by atoms with Crippen LogP contribution in [0.15, 0.2) is 42.9 Å². The molecule has 0 spiro atoms. The minimum absolute atomic E-state index is 0.184. The number of carbonyl (C=O) groups is 2. The number of carbonyl (C=O) groups excluding carboxylic acids is 2. The number of aromatic nitrogens is 2. The topological polar surface area (TPSA) is 116 Å². The molecule has 0 unspecified atom stereocenters. The molecule has 0 aliphatic rings. The van der Waals surface area contributed by atoms with E-state index in [1.54, 1.807) is 12.5 Å². The fraction of sp³-hybridized carbons (Fsp3) is 0.522. The van der Waals surface area contributed by atoms with Crippen molar-refractivity contribution >= 4 is 11.8 Å². The Hall–Kier alpha value is -2.71. The summed E-state index contributed by atoms with van der Waals surface area (Å²) in [6, 6.07) is 8.22. The first-order valence-electron chi connectivity index (χ1n) is 11.0. The number of benzene rings is 1. The normalized spacial score (nSPS) is 13.0. The number of rotatable bonds is 14. The number of H-pyrrole nitrogens is 1. The third-order valence-electron chi connectivity index (χ3n) is 5.30. The lowest BCUT2D eigenvalue weighted by molar-refractivity contribution is -0.129. The molecule has 2 rings (SSSR count). The minimum atomic E-state index is -0.762. The molecule has 2 aromatic rings. The second-order valence-electron chi connectivity index (χ2n) is 7.89. The summed E-state index contributed by atoms with van der Waals surface area (Å²) in [5.41, 5.74) is 7.80. The van der Waals surface area contributed by atoms with Crippen LogP contribution in [0.2, 0.25) is 0 Å². The number of nitrogens with zero attached hydrogens (tertiary/aromatic N) is 2. The molecule has 31 heavy (non-hydrogen) atoms. The highest BCUT2D eigenvalue weighted by Gasteiger charge is 2.24. The number of nitrogens with two attached hydrogens (primary N) is 1. The molecule has 2 atom stereocenters. The van der Waals surface area contributed by atoms with Crippen LogP contribution in [0.25, 0.3) is 0 Å². The number of amides is 2. The molecule has 1 aromatic heterocycles. The van der Waals surface area contributed by atoms with Crippen molar-refractivity contribution in [1.82, 2.24) is 25.5 Å². The lowest BCUT2D eigenvalue weighted by Crippen LogP contribution is -2.53. The van der Waals surface area contributed by atoms with E-state index in [-0.39, 0.29) is 11.8 Å². The first-order chi connectivity index (χ1) is 15.0. The summed E-state index contributed by atoms with van der Waals surface area (Å²) in [5.74, 6) is -0.537. The molecule has 0 radical (unpaired) electrons. The Labute approximate surface area is 185 Å². The van der Waals surface area contributed by atoms with Gasteiger partial charge in [-0.1, -0.05) is 43.7 Å². The number of hydrogen-bond acceptors (Lipinski definition) is 5. The van der Waals surface area contributed by atoms with Gasteiger partial charge in [0.2, 0.25) is 11.8 Å². The smallest absolute Gasteiger partial charge is 0.242 e. The highest BCUT2D eigenvalue weighted by molar-refractivity contribution is 5.90. The predicted molar refractivity (Wildman–Crippen MR) is 122 cm³/mol. The van der Waals surface area contributed by atoms with E-state index >= 15 is 0 Å². The van der Waals surface area contributed by atoms with Crippen LogP contribution in [-0.4, -0.2) is 65.4 Å². The van der Waals surface area contributed by atoms with E-state index in [4.69, 9.17) is 5.73 Å². The summed E-state index contributed by atoms with van der Waals surface area (Å²) in [5, 5.41) is 5.81. The first-order valence-corrected chi connectivity index (χ1v) is 11.0. The average Bonchev–Trinajstić information content (AvgIpc) is 3.28. The third kappa shape index (κ3) is 9.31. The van der Waals surface area contributed by atoms with Crippen molar-refractivity contribution in [2.75, 3.05) is 26.7 Å². The van der Waals surface area contributed by atoms with Crippen LogP contribution in [0.1, 0.15) is 37.4 Å². The predicted octanol–water partition coefficient (Wildman–Crippen LogP) is 1.25. The zero-order valence-corrected chi connectivity index (χ0v) is 18.6. The Morgan fingerprint density at radius 1 is 1.13 bits per heavy atom. The Bertz CT molecular complexity index is 766. The van der Waals surface area contributed by atoms with Gasteiger partial charge in [-0.05, 0) is 38.5 Å². The summed E-state index contributed by atoms with van der Waals surface area (Å²) in [6.07, 6.45) is 7.00. The molecule has 8 nitrogen and oxygen atoms in total. The van der Waals surface area contributed by atoms with E-state index in [0.717, 1.165) is 43.6 Å². The second kappa shape index (κ2) is 13.6. The SMILES string of the molecule is CCN(C)CCCCCNC(=O)[C@H](Cc1ccccc1)NC(=O)[C@@H](N)Cc1cnc[nH]1. The van der Waals surface area contributed by atoms with Crippen molar-refractivity contribution < 1.29 is 9.59 Å². The average molecular weight is 429 g/mol. The van der Waals surface area contributed by atoms with Gasteiger partial charge in [0.1, 0.15) is 6.04 Å². The standard InChI is InChI=1S/C23H36N6O2/c1-3-29(2)13-9-5-8-12-26-23(31)21(14-18-10-6-4-7-11-18)28-22(30)20(24)15-19-16-25-17-27-19/h4,6-7,10-11,16-17,20-21H,3,5,8-9,12-15,24H2,1-2H3,(H,25,27)(H,26,31)(H,28,30)/t20-,21-/m0/s1. The van der Waals surface area contributed by atoms with Gasteiger partial charge >= 0.3 is 0 Å². The second-order valence-corrected chi connectivity index (χ2v) is 7.89. The van der Waals surface area contributed by atoms with Crippen LogP contribution in [0.4, 0.5) is 0 Å². The number of aromatic amines is 1. The molecular formula is C23H36N6O2. The zero-order chi connectivity index (χ0) is 22.5. The molecule has 0 saturated carbocycles. The molecule has 1 heterocycles. The van der Waals surface area contributed by atoms with Crippen LogP contribution >= 0.6 is 0 Å². The van der Waals surface area contributed by atoms with Crippen LogP contribution < -0.4 is 16.4 Å². The Morgan fingerprint density at radius 2 is 1.90 bits per heavy atom. The van der Waals surface area contributed by atoms with Gasteiger partial charge in [-0.25, -0.2) is 4.98 Å². The van der Waals surface area contributed by atoms with E-state index in [1.807, 2.05) is 30.3 Å². The van der Waals surface area contributed by atoms with Crippen molar-refractivity contribution in [3.8, 4) is 0 Å². The van der Waals surface area contributed by atoms with Crippen molar-refractivity contribution in [3.63, 3.8) is 0 Å². The fourth-order valence-electron chi connectivity index (χ4n) is 3.24. The minimum Gasteiger partial charge on any atom is -0.354 e. The van der Waals surface area contributed by atoms with Crippen LogP contribution in [0.5, 0.6) is 0 Å². The summed E-state index contributed by atoms with van der Waals surface area (Å²) in [4.78, 5) is 34.6. The van der Waals surface area contributed by atoms with Gasteiger partial charge in [0.05, 0.1) is 12.4 Å². The number of nitrogens with one attached hydrogen (secondary N) is 3. The first kappa shape index (κ1) is 24.6. The maximum Gasteiger partial charge on any atom is 0.242 e. The van der Waals surface area contributed by atoms with Gasteiger partial charge in [-0.2, -0.15) is 0 Å². The molecular weight excluding hydrogens is 392 g/mol. The van der Waals surface area contributed by atoms with Crippen molar-refractivity contribution in [2.45, 2.75) is 51.1 Å².